The number of hydrogen-bond acceptors (Lipinski definition) is 4. The molecule has 0 bridgehead atoms. The third-order valence-electron chi connectivity index (χ3n) is 2.75. The summed E-state index contributed by atoms with van der Waals surface area (Å²) in [7, 11) is 0. The Balaban J connectivity index is 2.34. The van der Waals surface area contributed by atoms with Crippen LogP contribution in [0.2, 0.25) is 5.02 Å². The lowest BCUT2D eigenvalue weighted by atomic mass is 10.2. The number of aryl methyl sites for hydroxylation is 1. The molecular formula is C14H12ClNO4. The minimum absolute atomic E-state index is 0.0221. The van der Waals surface area contributed by atoms with Gasteiger partial charge >= 0.3 is 0 Å². The molecule has 1 N–H and O–H groups in total. The summed E-state index contributed by atoms with van der Waals surface area (Å²) >= 11 is 5.86. The molecule has 2 rings (SSSR count). The Kier molecular flexibility index (Phi) is 4.22. The summed E-state index contributed by atoms with van der Waals surface area (Å²) in [5, 5.41) is 19.9. The molecule has 0 saturated carbocycles. The summed E-state index contributed by atoms with van der Waals surface area (Å²) < 4.78 is 5.65. The van der Waals surface area contributed by atoms with Crippen LogP contribution >= 0.6 is 11.6 Å². The van der Waals surface area contributed by atoms with Gasteiger partial charge in [-0.25, -0.2) is 0 Å². The fourth-order valence-corrected chi connectivity index (χ4v) is 1.95. The highest BCUT2D eigenvalue weighted by Crippen LogP contribution is 2.34. The van der Waals surface area contributed by atoms with Gasteiger partial charge in [0.25, 0.3) is 5.69 Å². The van der Waals surface area contributed by atoms with Crippen LogP contribution in [-0.4, -0.2) is 10.0 Å². The zero-order valence-corrected chi connectivity index (χ0v) is 11.4. The van der Waals surface area contributed by atoms with Crippen LogP contribution in [0.4, 0.5) is 5.69 Å². The molecule has 0 unspecified atom stereocenters. The van der Waals surface area contributed by atoms with Gasteiger partial charge in [-0.1, -0.05) is 23.7 Å². The smallest absolute Gasteiger partial charge is 0.288 e. The number of aliphatic hydroxyl groups excluding tert-OH is 1. The van der Waals surface area contributed by atoms with E-state index >= 15 is 0 Å². The first-order valence-electron chi connectivity index (χ1n) is 5.83. The highest BCUT2D eigenvalue weighted by atomic mass is 35.5. The molecule has 0 atom stereocenters. The van der Waals surface area contributed by atoms with Crippen LogP contribution in [0.3, 0.4) is 0 Å². The lowest BCUT2D eigenvalue weighted by Gasteiger charge is -2.10. The van der Waals surface area contributed by atoms with Crippen molar-refractivity contribution in [3.05, 3.63) is 62.7 Å². The monoisotopic (exact) mass is 293 g/mol. The van der Waals surface area contributed by atoms with E-state index in [9.17, 15) is 10.1 Å². The van der Waals surface area contributed by atoms with E-state index < -0.39 is 4.92 Å². The fourth-order valence-electron chi connectivity index (χ4n) is 1.73. The Labute approximate surface area is 120 Å². The van der Waals surface area contributed by atoms with Crippen LogP contribution in [0.5, 0.6) is 11.5 Å². The molecule has 5 nitrogen and oxygen atoms in total. The first-order chi connectivity index (χ1) is 9.51. The van der Waals surface area contributed by atoms with Crippen LogP contribution in [0.25, 0.3) is 0 Å². The maximum Gasteiger partial charge on any atom is 0.288 e. The van der Waals surface area contributed by atoms with E-state index in [2.05, 4.69) is 0 Å². The number of nitrogens with zero attached hydrogens (tertiary/aromatic N) is 1. The van der Waals surface area contributed by atoms with E-state index in [1.165, 1.54) is 12.1 Å². The van der Waals surface area contributed by atoms with Crippen molar-refractivity contribution < 1.29 is 14.8 Å². The minimum Gasteiger partial charge on any atom is -0.457 e. The summed E-state index contributed by atoms with van der Waals surface area (Å²) in [6, 6.07) is 9.72. The van der Waals surface area contributed by atoms with Crippen molar-refractivity contribution in [1.29, 1.82) is 0 Å². The Morgan fingerprint density at radius 3 is 2.75 bits per heavy atom. The van der Waals surface area contributed by atoms with Crippen molar-refractivity contribution in [2.75, 3.05) is 0 Å². The van der Waals surface area contributed by atoms with Crippen molar-refractivity contribution in [3.63, 3.8) is 0 Å². The van der Waals surface area contributed by atoms with Crippen molar-refractivity contribution in [1.82, 2.24) is 0 Å². The maximum absolute atomic E-state index is 10.8. The van der Waals surface area contributed by atoms with Crippen molar-refractivity contribution in [2.45, 2.75) is 13.5 Å². The van der Waals surface area contributed by atoms with E-state index in [0.29, 0.717) is 22.6 Å². The second-order valence-electron chi connectivity index (χ2n) is 4.23. The maximum atomic E-state index is 10.8. The van der Waals surface area contributed by atoms with Crippen LogP contribution in [0.1, 0.15) is 11.1 Å². The summed E-state index contributed by atoms with van der Waals surface area (Å²) in [5.74, 6) is 0.972. The van der Waals surface area contributed by atoms with E-state index in [4.69, 9.17) is 21.4 Å². The Bertz CT molecular complexity index is 658. The van der Waals surface area contributed by atoms with Crippen LogP contribution < -0.4 is 4.74 Å². The number of nitro benzene ring substituents is 1. The predicted molar refractivity (Wildman–Crippen MR) is 75.3 cm³/mol. The molecule has 0 aliphatic carbocycles. The van der Waals surface area contributed by atoms with Gasteiger partial charge in [0.1, 0.15) is 16.5 Å². The Hall–Kier alpha value is -2.11. The van der Waals surface area contributed by atoms with Crippen LogP contribution in [0, 0.1) is 17.0 Å². The molecule has 0 fully saturated rings. The second kappa shape index (κ2) is 5.90. The SMILES string of the molecule is Cc1cc([N+](=O)[O-])c(Cl)cc1Oc1cccc(CO)c1. The fraction of sp³-hybridized carbons (Fsp3) is 0.143. The standard InChI is InChI=1S/C14H12ClNO4/c1-9-5-13(16(18)19)12(15)7-14(9)20-11-4-2-3-10(6-11)8-17/h2-7,17H,8H2,1H3. The Morgan fingerprint density at radius 1 is 1.35 bits per heavy atom. The summed E-state index contributed by atoms with van der Waals surface area (Å²) in [6.07, 6.45) is 0. The molecule has 6 heteroatoms. The number of nitro groups is 1. The molecule has 0 saturated heterocycles. The quantitative estimate of drug-likeness (QED) is 0.686. The zero-order chi connectivity index (χ0) is 14.7. The molecule has 0 aromatic heterocycles. The molecule has 0 spiro atoms. The molecule has 0 amide bonds. The molecule has 0 aliphatic heterocycles. The first kappa shape index (κ1) is 14.3. The number of halogens is 1. The van der Waals surface area contributed by atoms with Gasteiger partial charge in [-0.05, 0) is 30.2 Å². The van der Waals surface area contributed by atoms with Crippen molar-refractivity contribution >= 4 is 17.3 Å². The van der Waals surface area contributed by atoms with Crippen molar-refractivity contribution in [3.8, 4) is 11.5 Å². The molecule has 20 heavy (non-hydrogen) atoms. The summed E-state index contributed by atoms with van der Waals surface area (Å²) in [6.45, 7) is 1.62. The molecule has 104 valence electrons. The second-order valence-corrected chi connectivity index (χ2v) is 4.64. The number of ether oxygens (including phenoxy) is 1. The summed E-state index contributed by atoms with van der Waals surface area (Å²) in [4.78, 5) is 10.2. The average Bonchev–Trinajstić information content (AvgIpc) is 2.42. The lowest BCUT2D eigenvalue weighted by molar-refractivity contribution is -0.384. The van der Waals surface area contributed by atoms with Gasteiger partial charge in [0.15, 0.2) is 0 Å². The average molecular weight is 294 g/mol. The number of rotatable bonds is 4. The number of benzene rings is 2. The van der Waals surface area contributed by atoms with Crippen LogP contribution in [-0.2, 0) is 6.61 Å². The van der Waals surface area contributed by atoms with Gasteiger partial charge in [-0.3, -0.25) is 10.1 Å². The topological polar surface area (TPSA) is 72.6 Å². The molecular weight excluding hydrogens is 282 g/mol. The first-order valence-corrected chi connectivity index (χ1v) is 6.21. The van der Waals surface area contributed by atoms with Gasteiger partial charge in [-0.2, -0.15) is 0 Å². The van der Waals surface area contributed by atoms with E-state index in [1.54, 1.807) is 31.2 Å². The van der Waals surface area contributed by atoms with E-state index in [1.807, 2.05) is 0 Å². The highest BCUT2D eigenvalue weighted by Gasteiger charge is 2.16. The molecule has 0 radical (unpaired) electrons. The largest absolute Gasteiger partial charge is 0.457 e. The molecule has 0 aliphatic rings. The molecule has 0 heterocycles. The molecule has 2 aromatic carbocycles. The highest BCUT2D eigenvalue weighted by molar-refractivity contribution is 6.32. The predicted octanol–water partition coefficient (Wildman–Crippen LogP) is 3.84. The molecule has 2 aromatic rings. The van der Waals surface area contributed by atoms with Gasteiger partial charge in [-0.15, -0.1) is 0 Å². The van der Waals surface area contributed by atoms with E-state index in [-0.39, 0.29) is 17.3 Å². The number of aliphatic hydroxyl groups is 1. The zero-order valence-electron chi connectivity index (χ0n) is 10.7. The minimum atomic E-state index is -0.536. The van der Waals surface area contributed by atoms with Crippen LogP contribution in [0.15, 0.2) is 36.4 Å². The van der Waals surface area contributed by atoms with Gasteiger partial charge < -0.3 is 9.84 Å². The lowest BCUT2D eigenvalue weighted by Crippen LogP contribution is -1.94. The van der Waals surface area contributed by atoms with Gasteiger partial charge in [0, 0.05) is 12.1 Å². The third-order valence-corrected chi connectivity index (χ3v) is 3.05. The van der Waals surface area contributed by atoms with Gasteiger partial charge in [0.2, 0.25) is 0 Å². The Morgan fingerprint density at radius 2 is 2.10 bits per heavy atom. The van der Waals surface area contributed by atoms with Crippen molar-refractivity contribution in [2.24, 2.45) is 0 Å². The third kappa shape index (κ3) is 3.07. The van der Waals surface area contributed by atoms with Gasteiger partial charge in [0.05, 0.1) is 11.5 Å². The number of hydrogen-bond donors (Lipinski definition) is 1. The summed E-state index contributed by atoms with van der Waals surface area (Å²) in [5.41, 5.74) is 1.17. The van der Waals surface area contributed by atoms with E-state index in [0.717, 1.165) is 0 Å². The normalized spacial score (nSPS) is 10.3.